The molecule has 0 saturated carbocycles. The van der Waals surface area contributed by atoms with E-state index >= 15 is 0 Å². The van der Waals surface area contributed by atoms with Crippen molar-refractivity contribution in [2.24, 2.45) is 5.73 Å². The molecule has 1 atom stereocenters. The number of anilines is 1. The summed E-state index contributed by atoms with van der Waals surface area (Å²) in [6, 6.07) is 6.52. The lowest BCUT2D eigenvalue weighted by Gasteiger charge is -2.40. The van der Waals surface area contributed by atoms with Crippen molar-refractivity contribution in [2.45, 2.75) is 52.1 Å². The van der Waals surface area contributed by atoms with Gasteiger partial charge >= 0.3 is 23.9 Å². The number of esters is 4. The van der Waals surface area contributed by atoms with E-state index in [-0.39, 0.29) is 41.4 Å². The summed E-state index contributed by atoms with van der Waals surface area (Å²) in [6.45, 7) is 6.43. The molecule has 2 N–H and O–H groups in total. The minimum absolute atomic E-state index is 0.0106. The van der Waals surface area contributed by atoms with Crippen LogP contribution in [0.3, 0.4) is 0 Å². The van der Waals surface area contributed by atoms with E-state index in [1.54, 1.807) is 38.1 Å². The van der Waals surface area contributed by atoms with Gasteiger partial charge in [-0.3, -0.25) is 4.79 Å². The van der Waals surface area contributed by atoms with Gasteiger partial charge in [-0.25, -0.2) is 14.4 Å². The Bertz CT molecular complexity index is 1120. The number of ether oxygens (including phenoxy) is 4. The van der Waals surface area contributed by atoms with Crippen LogP contribution >= 0.6 is 0 Å². The molecule has 2 heterocycles. The molecule has 1 spiro atoms. The molecule has 10 nitrogen and oxygen atoms in total. The van der Waals surface area contributed by atoms with Crippen molar-refractivity contribution in [3.63, 3.8) is 0 Å². The maximum atomic E-state index is 13.6. The molecular weight excluding hydrogens is 456 g/mol. The normalized spacial score (nSPS) is 19.1. The number of para-hydroxylation sites is 1. The first-order valence-electron chi connectivity index (χ1n) is 11.4. The Kier molecular flexibility index (Phi) is 7.52. The molecule has 2 aliphatic heterocycles. The molecule has 0 saturated heterocycles. The van der Waals surface area contributed by atoms with Gasteiger partial charge in [-0.15, -0.1) is 0 Å². The molecule has 1 aromatic rings. The highest BCUT2D eigenvalue weighted by molar-refractivity contribution is 6.16. The number of nitrogens with zero attached hydrogens (tertiary/aromatic N) is 1. The summed E-state index contributed by atoms with van der Waals surface area (Å²) >= 11 is 0. The minimum Gasteiger partial charge on any atom is -0.468 e. The molecule has 0 radical (unpaired) electrons. The van der Waals surface area contributed by atoms with Gasteiger partial charge in [-0.2, -0.15) is 0 Å². The van der Waals surface area contributed by atoms with E-state index in [0.717, 1.165) is 6.42 Å². The van der Waals surface area contributed by atoms with Gasteiger partial charge in [-0.1, -0.05) is 31.5 Å². The second-order valence-corrected chi connectivity index (χ2v) is 8.45. The van der Waals surface area contributed by atoms with Gasteiger partial charge in [-0.05, 0) is 33.3 Å². The number of fused-ring (bicyclic) bond motifs is 2. The van der Waals surface area contributed by atoms with Crippen molar-refractivity contribution in [1.82, 2.24) is 0 Å². The molecule has 188 valence electrons. The zero-order chi connectivity index (χ0) is 25.9. The van der Waals surface area contributed by atoms with Gasteiger partial charge in [0.15, 0.2) is 5.41 Å². The minimum atomic E-state index is -2.04. The number of unbranched alkanes of at least 4 members (excludes halogenated alkanes) is 1. The summed E-state index contributed by atoms with van der Waals surface area (Å²) in [5, 5.41) is 0. The van der Waals surface area contributed by atoms with E-state index in [9.17, 15) is 19.2 Å². The van der Waals surface area contributed by atoms with Crippen LogP contribution in [0.5, 0.6) is 0 Å². The number of methoxy groups -OCH3 is 1. The lowest BCUT2D eigenvalue weighted by atomic mass is 9.66. The monoisotopic (exact) mass is 486 g/mol. The number of rotatable bonds is 8. The van der Waals surface area contributed by atoms with Crippen LogP contribution in [0.25, 0.3) is 0 Å². The van der Waals surface area contributed by atoms with Gasteiger partial charge in [0.1, 0.15) is 29.3 Å². The van der Waals surface area contributed by atoms with Crippen LogP contribution in [0, 0.1) is 0 Å². The Hall–Kier alpha value is -3.82. The molecule has 0 amide bonds. The van der Waals surface area contributed by atoms with Crippen LogP contribution in [-0.2, 0) is 43.5 Å². The Labute approximate surface area is 203 Å². The third-order valence-corrected chi connectivity index (χ3v) is 5.80. The third kappa shape index (κ3) is 4.36. The quantitative estimate of drug-likeness (QED) is 0.331. The molecule has 0 aliphatic carbocycles. The standard InChI is InChI=1S/C25H30N2O8/c1-6-7-12-33-22(29)20-21(26)27(13-18(28)32-5)17-11-9-8-10-16(17)25(20)19(15(4)35-24(25)31)23(30)34-14(2)3/h8-11,14H,6-7,12-13,26H2,1-5H3/t25-/m1/s1. The van der Waals surface area contributed by atoms with E-state index in [1.807, 2.05) is 6.92 Å². The van der Waals surface area contributed by atoms with Crippen LogP contribution in [0.4, 0.5) is 5.69 Å². The fraction of sp³-hybridized carbons (Fsp3) is 0.440. The lowest BCUT2D eigenvalue weighted by Crippen LogP contribution is -2.51. The Morgan fingerprint density at radius 3 is 2.46 bits per heavy atom. The summed E-state index contributed by atoms with van der Waals surface area (Å²) < 4.78 is 21.1. The largest absolute Gasteiger partial charge is 0.468 e. The molecule has 0 aromatic heterocycles. The fourth-order valence-electron chi connectivity index (χ4n) is 4.29. The number of hydrogen-bond acceptors (Lipinski definition) is 10. The van der Waals surface area contributed by atoms with Crippen LogP contribution < -0.4 is 10.6 Å². The van der Waals surface area contributed by atoms with E-state index < -0.39 is 35.4 Å². The number of hydrogen-bond donors (Lipinski definition) is 1. The highest BCUT2D eigenvalue weighted by Crippen LogP contribution is 2.54. The number of nitrogens with two attached hydrogens (primary N) is 1. The first-order valence-corrected chi connectivity index (χ1v) is 11.4. The number of benzene rings is 1. The van der Waals surface area contributed by atoms with E-state index in [1.165, 1.54) is 18.9 Å². The van der Waals surface area contributed by atoms with Crippen LogP contribution in [-0.4, -0.2) is 50.2 Å². The lowest BCUT2D eigenvalue weighted by molar-refractivity contribution is -0.148. The van der Waals surface area contributed by atoms with Gasteiger partial charge in [0.25, 0.3) is 0 Å². The SMILES string of the molecule is CCCCOC(=O)C1=C(N)N(CC(=O)OC)c2ccccc2[C@]12C(=O)OC(C)=C2C(=O)OC(C)C. The zero-order valence-corrected chi connectivity index (χ0v) is 20.5. The summed E-state index contributed by atoms with van der Waals surface area (Å²) in [5.41, 5.74) is 4.55. The molecule has 2 aliphatic rings. The third-order valence-electron chi connectivity index (χ3n) is 5.80. The van der Waals surface area contributed by atoms with Crippen molar-refractivity contribution in [1.29, 1.82) is 0 Å². The smallest absolute Gasteiger partial charge is 0.339 e. The molecule has 0 unspecified atom stereocenters. The highest BCUT2D eigenvalue weighted by Gasteiger charge is 2.63. The van der Waals surface area contributed by atoms with E-state index in [4.69, 9.17) is 24.7 Å². The number of carbonyl (C=O) groups excluding carboxylic acids is 4. The number of cyclic esters (lactones) is 1. The summed E-state index contributed by atoms with van der Waals surface area (Å²) in [5.74, 6) is -3.48. The van der Waals surface area contributed by atoms with Gasteiger partial charge in [0.05, 0.1) is 19.8 Å². The van der Waals surface area contributed by atoms with Crippen molar-refractivity contribution < 1.29 is 38.1 Å². The topological polar surface area (TPSA) is 134 Å². The van der Waals surface area contributed by atoms with E-state index in [0.29, 0.717) is 12.1 Å². The van der Waals surface area contributed by atoms with Crippen molar-refractivity contribution in [2.75, 3.05) is 25.2 Å². The van der Waals surface area contributed by atoms with Crippen molar-refractivity contribution >= 4 is 29.6 Å². The molecule has 0 bridgehead atoms. The summed E-state index contributed by atoms with van der Waals surface area (Å²) in [7, 11) is 1.22. The predicted octanol–water partition coefficient (Wildman–Crippen LogP) is 2.21. The maximum absolute atomic E-state index is 13.6. The summed E-state index contributed by atoms with van der Waals surface area (Å²) in [6.07, 6.45) is 0.833. The molecule has 1 aromatic carbocycles. The number of carbonyl (C=O) groups is 4. The first kappa shape index (κ1) is 25.8. The Morgan fingerprint density at radius 1 is 1.14 bits per heavy atom. The van der Waals surface area contributed by atoms with Gasteiger partial charge in [0, 0.05) is 11.3 Å². The number of allylic oxidation sites excluding steroid dienone is 1. The van der Waals surface area contributed by atoms with Crippen molar-refractivity contribution in [3.8, 4) is 0 Å². The Morgan fingerprint density at radius 2 is 1.83 bits per heavy atom. The molecule has 0 fully saturated rings. The van der Waals surface area contributed by atoms with Crippen molar-refractivity contribution in [3.05, 3.63) is 52.6 Å². The average Bonchev–Trinajstić information content (AvgIpc) is 3.06. The Balaban J connectivity index is 2.35. The van der Waals surface area contributed by atoms with Crippen LogP contribution in [0.2, 0.25) is 0 Å². The summed E-state index contributed by atoms with van der Waals surface area (Å²) in [4.78, 5) is 54.0. The molecule has 10 heteroatoms. The highest BCUT2D eigenvalue weighted by atomic mass is 16.6. The molecule has 35 heavy (non-hydrogen) atoms. The second kappa shape index (κ2) is 10.2. The first-order chi connectivity index (χ1) is 16.6. The van der Waals surface area contributed by atoms with Gasteiger partial charge in [0.2, 0.25) is 0 Å². The van der Waals surface area contributed by atoms with E-state index in [2.05, 4.69) is 0 Å². The zero-order valence-electron chi connectivity index (χ0n) is 20.5. The van der Waals surface area contributed by atoms with Crippen LogP contribution in [0.15, 0.2) is 47.0 Å². The predicted molar refractivity (Wildman–Crippen MR) is 125 cm³/mol. The average molecular weight is 487 g/mol. The van der Waals surface area contributed by atoms with Crippen LogP contribution in [0.1, 0.15) is 46.1 Å². The second-order valence-electron chi connectivity index (χ2n) is 8.45. The van der Waals surface area contributed by atoms with Gasteiger partial charge < -0.3 is 29.6 Å². The molecular formula is C25H30N2O8. The molecule has 3 rings (SSSR count). The maximum Gasteiger partial charge on any atom is 0.339 e. The fourth-order valence-corrected chi connectivity index (χ4v) is 4.29.